The first-order chi connectivity index (χ1) is 8.60. The van der Waals surface area contributed by atoms with Gasteiger partial charge in [0.25, 0.3) is 10.0 Å². The maximum absolute atomic E-state index is 12.2. The van der Waals surface area contributed by atoms with Gasteiger partial charge in [0.15, 0.2) is 5.03 Å². The summed E-state index contributed by atoms with van der Waals surface area (Å²) < 4.78 is 32.7. The molecule has 4 N–H and O–H groups in total. The zero-order valence-corrected chi connectivity index (χ0v) is 10.6. The van der Waals surface area contributed by atoms with E-state index < -0.39 is 10.0 Å². The van der Waals surface area contributed by atoms with Crippen LogP contribution in [0.25, 0.3) is 0 Å². The molecule has 3 atom stereocenters. The molecule has 0 aliphatic carbocycles. The largest absolute Gasteiger partial charge is 0.373 e. The molecule has 7 nitrogen and oxygen atoms in total. The molecule has 2 aliphatic heterocycles. The normalized spacial score (nSPS) is 31.1. The number of rotatable bonds is 4. The van der Waals surface area contributed by atoms with Gasteiger partial charge in [-0.25, -0.2) is 13.1 Å². The van der Waals surface area contributed by atoms with Crippen molar-refractivity contribution in [1.29, 1.82) is 0 Å². The minimum absolute atomic E-state index is 0.00835. The summed E-state index contributed by atoms with van der Waals surface area (Å²) in [4.78, 5) is 0. The van der Waals surface area contributed by atoms with Crippen molar-refractivity contribution in [2.24, 2.45) is 5.73 Å². The maximum atomic E-state index is 12.2. The molecule has 2 fully saturated rings. The quantitative estimate of drug-likeness (QED) is 0.682. The van der Waals surface area contributed by atoms with Crippen molar-refractivity contribution in [3.05, 3.63) is 11.8 Å². The molecule has 1 aromatic heterocycles. The van der Waals surface area contributed by atoms with Gasteiger partial charge in [-0.3, -0.25) is 5.10 Å². The molecular formula is C10H16N4O3S. The van der Waals surface area contributed by atoms with Gasteiger partial charge in [0.05, 0.1) is 24.4 Å². The molecule has 3 rings (SSSR count). The van der Waals surface area contributed by atoms with E-state index in [9.17, 15) is 8.42 Å². The predicted molar refractivity (Wildman–Crippen MR) is 63.1 cm³/mol. The number of hydrogen-bond acceptors (Lipinski definition) is 5. The van der Waals surface area contributed by atoms with Crippen LogP contribution in [0.2, 0.25) is 0 Å². The van der Waals surface area contributed by atoms with Gasteiger partial charge in [-0.05, 0) is 19.3 Å². The van der Waals surface area contributed by atoms with Crippen LogP contribution in [0.5, 0.6) is 0 Å². The summed E-state index contributed by atoms with van der Waals surface area (Å²) in [6.45, 7) is 0.139. The van der Waals surface area contributed by atoms with E-state index in [-0.39, 0.29) is 29.8 Å². The molecule has 0 spiro atoms. The smallest absolute Gasteiger partial charge is 0.258 e. The highest BCUT2D eigenvalue weighted by Crippen LogP contribution is 2.35. The SMILES string of the molecule is NCc1cn[nH]c1S(=O)(=O)NC1CC2CCC1O2. The molecule has 100 valence electrons. The molecule has 0 radical (unpaired) electrons. The third kappa shape index (κ3) is 1.95. The van der Waals surface area contributed by atoms with Crippen LogP contribution in [0.3, 0.4) is 0 Å². The Balaban J connectivity index is 1.79. The molecule has 0 aromatic carbocycles. The molecule has 3 heterocycles. The number of fused-ring (bicyclic) bond motifs is 2. The maximum Gasteiger partial charge on any atom is 0.258 e. The number of H-pyrrole nitrogens is 1. The highest BCUT2D eigenvalue weighted by Gasteiger charge is 2.42. The van der Waals surface area contributed by atoms with Crippen molar-refractivity contribution in [3.8, 4) is 0 Å². The van der Waals surface area contributed by atoms with Crippen LogP contribution < -0.4 is 10.5 Å². The highest BCUT2D eigenvalue weighted by molar-refractivity contribution is 7.89. The van der Waals surface area contributed by atoms with Gasteiger partial charge in [-0.1, -0.05) is 0 Å². The summed E-state index contributed by atoms with van der Waals surface area (Å²) in [7, 11) is -3.59. The molecule has 3 unspecified atom stereocenters. The van der Waals surface area contributed by atoms with Gasteiger partial charge in [-0.2, -0.15) is 5.10 Å². The molecule has 2 saturated heterocycles. The summed E-state index contributed by atoms with van der Waals surface area (Å²) in [5.74, 6) is 0. The lowest BCUT2D eigenvalue weighted by Gasteiger charge is -2.19. The number of nitrogens with two attached hydrogens (primary N) is 1. The van der Waals surface area contributed by atoms with Crippen LogP contribution in [0, 0.1) is 0 Å². The van der Waals surface area contributed by atoms with Crippen molar-refractivity contribution < 1.29 is 13.2 Å². The Kier molecular flexibility index (Phi) is 2.89. The van der Waals surface area contributed by atoms with E-state index in [1.165, 1.54) is 6.20 Å². The van der Waals surface area contributed by atoms with Gasteiger partial charge in [0.1, 0.15) is 0 Å². The lowest BCUT2D eigenvalue weighted by atomic mass is 9.96. The van der Waals surface area contributed by atoms with Crippen molar-refractivity contribution in [1.82, 2.24) is 14.9 Å². The molecule has 18 heavy (non-hydrogen) atoms. The molecule has 1 aromatic rings. The summed E-state index contributed by atoms with van der Waals surface area (Å²) in [5, 5.41) is 6.28. The Morgan fingerprint density at radius 3 is 3.00 bits per heavy atom. The van der Waals surface area contributed by atoms with Gasteiger partial charge in [0.2, 0.25) is 0 Å². The molecule has 2 bridgehead atoms. The topological polar surface area (TPSA) is 110 Å². The van der Waals surface area contributed by atoms with Gasteiger partial charge in [0, 0.05) is 12.1 Å². The number of nitrogens with zero attached hydrogens (tertiary/aromatic N) is 1. The standard InChI is InChI=1S/C10H16N4O3S/c11-4-6-5-12-13-10(6)18(15,16)14-8-3-7-1-2-9(8)17-7/h5,7-9,14H,1-4,11H2,(H,12,13). The lowest BCUT2D eigenvalue weighted by Crippen LogP contribution is -2.41. The van der Waals surface area contributed by atoms with E-state index in [1.54, 1.807) is 0 Å². The third-order valence-electron chi connectivity index (χ3n) is 3.58. The first-order valence-corrected chi connectivity index (χ1v) is 7.48. The van der Waals surface area contributed by atoms with E-state index in [0.29, 0.717) is 5.56 Å². The van der Waals surface area contributed by atoms with E-state index in [1.807, 2.05) is 0 Å². The predicted octanol–water partition coefficient (Wildman–Crippen LogP) is -0.533. The third-order valence-corrected chi connectivity index (χ3v) is 5.08. The molecule has 8 heteroatoms. The molecule has 0 amide bonds. The average molecular weight is 272 g/mol. The number of aromatic amines is 1. The number of ether oxygens (including phenoxy) is 1. The molecular weight excluding hydrogens is 256 g/mol. The van der Waals surface area contributed by atoms with E-state index in [0.717, 1.165) is 19.3 Å². The van der Waals surface area contributed by atoms with Crippen molar-refractivity contribution in [3.63, 3.8) is 0 Å². The first kappa shape index (κ1) is 12.1. The van der Waals surface area contributed by atoms with Crippen LogP contribution in [0.4, 0.5) is 0 Å². The van der Waals surface area contributed by atoms with Crippen molar-refractivity contribution in [2.45, 2.75) is 49.1 Å². The zero-order chi connectivity index (χ0) is 12.8. The zero-order valence-electron chi connectivity index (χ0n) is 9.80. The molecule has 2 aliphatic rings. The average Bonchev–Trinajstić information content (AvgIpc) is 3.03. The van der Waals surface area contributed by atoms with Gasteiger partial charge >= 0.3 is 0 Å². The Hall–Kier alpha value is -0.960. The van der Waals surface area contributed by atoms with Crippen LogP contribution in [0.15, 0.2) is 11.2 Å². The number of sulfonamides is 1. The minimum atomic E-state index is -3.59. The number of hydrogen-bond donors (Lipinski definition) is 3. The second-order valence-corrected chi connectivity index (χ2v) is 6.42. The second kappa shape index (κ2) is 4.30. The fourth-order valence-electron chi connectivity index (χ4n) is 2.70. The van der Waals surface area contributed by atoms with Crippen LogP contribution in [-0.2, 0) is 21.3 Å². The van der Waals surface area contributed by atoms with Crippen molar-refractivity contribution >= 4 is 10.0 Å². The summed E-state index contributed by atoms with van der Waals surface area (Å²) in [5.41, 5.74) is 5.98. The van der Waals surface area contributed by atoms with Crippen LogP contribution in [0.1, 0.15) is 24.8 Å². The van der Waals surface area contributed by atoms with Gasteiger partial charge < -0.3 is 10.5 Å². The van der Waals surface area contributed by atoms with E-state index >= 15 is 0 Å². The highest BCUT2D eigenvalue weighted by atomic mass is 32.2. The molecule has 0 saturated carbocycles. The fourth-order valence-corrected chi connectivity index (χ4v) is 4.12. The summed E-state index contributed by atoms with van der Waals surface area (Å²) in [6, 6.07) is -0.136. The fraction of sp³-hybridized carbons (Fsp3) is 0.700. The van der Waals surface area contributed by atoms with Crippen LogP contribution >= 0.6 is 0 Å². The monoisotopic (exact) mass is 272 g/mol. The summed E-state index contributed by atoms with van der Waals surface area (Å²) in [6.07, 6.45) is 4.35. The van der Waals surface area contributed by atoms with E-state index in [2.05, 4.69) is 14.9 Å². The van der Waals surface area contributed by atoms with Gasteiger partial charge in [-0.15, -0.1) is 0 Å². The van der Waals surface area contributed by atoms with Crippen LogP contribution in [-0.4, -0.2) is 36.9 Å². The Morgan fingerprint density at radius 1 is 1.56 bits per heavy atom. The summed E-state index contributed by atoms with van der Waals surface area (Å²) >= 11 is 0. The second-order valence-electron chi connectivity index (χ2n) is 4.77. The van der Waals surface area contributed by atoms with E-state index in [4.69, 9.17) is 10.5 Å². The lowest BCUT2D eigenvalue weighted by molar-refractivity contribution is 0.0996. The first-order valence-electron chi connectivity index (χ1n) is 6.00. The number of aromatic nitrogens is 2. The number of nitrogens with one attached hydrogen (secondary N) is 2. The Bertz CT molecular complexity index is 541. The van der Waals surface area contributed by atoms with Crippen molar-refractivity contribution in [2.75, 3.05) is 0 Å². The Labute approximate surface area is 105 Å². The minimum Gasteiger partial charge on any atom is -0.373 e. The Morgan fingerprint density at radius 2 is 2.39 bits per heavy atom.